The van der Waals surface area contributed by atoms with Gasteiger partial charge in [0.25, 0.3) is 0 Å². The van der Waals surface area contributed by atoms with Gasteiger partial charge in [-0.3, -0.25) is 4.90 Å². The van der Waals surface area contributed by atoms with Gasteiger partial charge in [-0.25, -0.2) is 9.18 Å². The van der Waals surface area contributed by atoms with Gasteiger partial charge in [0.05, 0.1) is 35.4 Å². The Bertz CT molecular complexity index is 894. The number of fused-ring (bicyclic) bond motifs is 1. The number of carbonyl (C=O) groups is 1. The van der Waals surface area contributed by atoms with Crippen molar-refractivity contribution in [1.29, 1.82) is 5.26 Å². The zero-order valence-electron chi connectivity index (χ0n) is 15.7. The fourth-order valence-corrected chi connectivity index (χ4v) is 4.81. The molecule has 1 aromatic carbocycles. The minimum absolute atomic E-state index is 0.0666. The third-order valence-corrected chi connectivity index (χ3v) is 6.18. The molecule has 0 radical (unpaired) electrons. The Kier molecular flexibility index (Phi) is 4.31. The maximum atomic E-state index is 14.8. The molecule has 9 heteroatoms. The summed E-state index contributed by atoms with van der Waals surface area (Å²) in [6.07, 6.45) is -0.575. The van der Waals surface area contributed by atoms with Gasteiger partial charge in [-0.05, 0) is 55.3 Å². The number of hydrogen-bond donors (Lipinski definition) is 0. The number of ether oxygens (including phenoxy) is 1. The van der Waals surface area contributed by atoms with Gasteiger partial charge >= 0.3 is 6.09 Å². The first-order chi connectivity index (χ1) is 13.4. The number of piperidine rings is 1. The maximum absolute atomic E-state index is 14.8. The molecule has 1 aromatic rings. The van der Waals surface area contributed by atoms with Crippen molar-refractivity contribution in [2.24, 2.45) is 28.3 Å². The van der Waals surface area contributed by atoms with E-state index in [0.717, 1.165) is 13.1 Å². The number of halogens is 1. The van der Waals surface area contributed by atoms with Crippen LogP contribution in [0.3, 0.4) is 0 Å². The number of benzene rings is 1. The second-order valence-electron chi connectivity index (χ2n) is 8.24. The highest BCUT2D eigenvalue weighted by atomic mass is 19.1. The van der Waals surface area contributed by atoms with Crippen LogP contribution in [0.2, 0.25) is 0 Å². The van der Waals surface area contributed by atoms with E-state index >= 15 is 0 Å². The Balaban J connectivity index is 1.49. The molecule has 1 amide bonds. The summed E-state index contributed by atoms with van der Waals surface area (Å²) in [7, 11) is 0. The summed E-state index contributed by atoms with van der Waals surface area (Å²) in [5.74, 6) is 0.819. The van der Waals surface area contributed by atoms with Crippen LogP contribution < -0.4 is 9.80 Å². The summed E-state index contributed by atoms with van der Waals surface area (Å²) in [5, 5.41) is 12.8. The van der Waals surface area contributed by atoms with Gasteiger partial charge in [-0.2, -0.15) is 5.26 Å². The van der Waals surface area contributed by atoms with Crippen molar-refractivity contribution in [3.8, 4) is 6.07 Å². The molecule has 146 valence electrons. The third kappa shape index (κ3) is 2.90. The molecule has 1 saturated carbocycles. The number of hydrogen-bond acceptors (Lipinski definition) is 5. The fourth-order valence-electron chi connectivity index (χ4n) is 4.81. The molecular formula is C19H21FN6O2. The van der Waals surface area contributed by atoms with E-state index in [9.17, 15) is 14.4 Å². The van der Waals surface area contributed by atoms with Gasteiger partial charge in [0.15, 0.2) is 0 Å². The Morgan fingerprint density at radius 3 is 2.75 bits per heavy atom. The number of rotatable bonds is 5. The minimum Gasteiger partial charge on any atom is -0.447 e. The lowest BCUT2D eigenvalue weighted by Crippen LogP contribution is -2.35. The first kappa shape index (κ1) is 18.4. The summed E-state index contributed by atoms with van der Waals surface area (Å²) >= 11 is 0. The highest BCUT2D eigenvalue weighted by molar-refractivity contribution is 5.90. The zero-order valence-corrected chi connectivity index (χ0v) is 15.7. The van der Waals surface area contributed by atoms with Gasteiger partial charge in [-0.15, -0.1) is 0 Å². The molecule has 8 nitrogen and oxygen atoms in total. The maximum Gasteiger partial charge on any atom is 0.414 e. The van der Waals surface area contributed by atoms with Gasteiger partial charge in [-0.1, -0.05) is 5.11 Å². The van der Waals surface area contributed by atoms with Crippen molar-refractivity contribution in [3.63, 3.8) is 0 Å². The first-order valence-corrected chi connectivity index (χ1v) is 9.30. The van der Waals surface area contributed by atoms with E-state index in [1.165, 1.54) is 11.0 Å². The number of nitriles is 1. The van der Waals surface area contributed by atoms with Crippen molar-refractivity contribution in [2.45, 2.75) is 19.9 Å². The van der Waals surface area contributed by atoms with Crippen LogP contribution in [0, 0.1) is 40.3 Å². The molecule has 2 saturated heterocycles. The molecule has 3 fully saturated rings. The molecule has 0 N–H and O–H groups in total. The average molecular weight is 384 g/mol. The van der Waals surface area contributed by atoms with Gasteiger partial charge < -0.3 is 9.64 Å². The smallest absolute Gasteiger partial charge is 0.414 e. The predicted octanol–water partition coefficient (Wildman–Crippen LogP) is 3.69. The quantitative estimate of drug-likeness (QED) is 0.438. The SMILES string of the molecule is CC(C)(C#N)C1[C@H]2CN(c3ccc(N4C(=O)OC[C@H]4CN=[N+]=[N-])cc3F)C[C@@H]12. The number of carbonyl (C=O) groups excluding carboxylic acids is 1. The molecule has 1 aliphatic carbocycles. The van der Waals surface area contributed by atoms with Crippen molar-refractivity contribution in [3.05, 3.63) is 34.5 Å². The Labute approximate surface area is 162 Å². The summed E-state index contributed by atoms with van der Waals surface area (Å²) in [6.45, 7) is 5.59. The van der Waals surface area contributed by atoms with Crippen molar-refractivity contribution < 1.29 is 13.9 Å². The molecule has 0 aromatic heterocycles. The van der Waals surface area contributed by atoms with Crippen molar-refractivity contribution in [1.82, 2.24) is 0 Å². The lowest BCUT2D eigenvalue weighted by atomic mass is 9.86. The number of cyclic esters (lactones) is 1. The second kappa shape index (κ2) is 6.57. The highest BCUT2D eigenvalue weighted by Gasteiger charge is 2.61. The first-order valence-electron chi connectivity index (χ1n) is 9.30. The van der Waals surface area contributed by atoms with E-state index in [0.29, 0.717) is 29.1 Å². The minimum atomic E-state index is -0.575. The Hall–Kier alpha value is -2.98. The van der Waals surface area contributed by atoms with Crippen LogP contribution in [0.5, 0.6) is 0 Å². The third-order valence-electron chi connectivity index (χ3n) is 6.18. The highest BCUT2D eigenvalue weighted by Crippen LogP contribution is 2.60. The van der Waals surface area contributed by atoms with Gasteiger partial charge in [0, 0.05) is 18.0 Å². The van der Waals surface area contributed by atoms with Gasteiger partial charge in [0.2, 0.25) is 0 Å². The summed E-state index contributed by atoms with van der Waals surface area (Å²) in [5.41, 5.74) is 9.03. The summed E-state index contributed by atoms with van der Waals surface area (Å²) < 4.78 is 19.9. The zero-order chi connectivity index (χ0) is 20.1. The van der Waals surface area contributed by atoms with E-state index < -0.39 is 18.0 Å². The van der Waals surface area contributed by atoms with Gasteiger partial charge in [0.1, 0.15) is 12.4 Å². The number of anilines is 2. The fraction of sp³-hybridized carbons (Fsp3) is 0.579. The molecule has 3 aliphatic rings. The second-order valence-corrected chi connectivity index (χ2v) is 8.24. The van der Waals surface area contributed by atoms with E-state index in [-0.39, 0.29) is 18.6 Å². The molecule has 0 bridgehead atoms. The number of nitrogens with zero attached hydrogens (tertiary/aromatic N) is 6. The normalized spacial score (nSPS) is 28.4. The predicted molar refractivity (Wildman–Crippen MR) is 100 cm³/mol. The summed E-state index contributed by atoms with van der Waals surface area (Å²) in [6, 6.07) is 6.64. The van der Waals surface area contributed by atoms with E-state index in [4.69, 9.17) is 10.3 Å². The lowest BCUT2D eigenvalue weighted by Gasteiger charge is -2.27. The molecule has 2 heterocycles. The Morgan fingerprint density at radius 1 is 1.43 bits per heavy atom. The molecule has 2 aliphatic heterocycles. The topological polar surface area (TPSA) is 105 Å². The lowest BCUT2D eigenvalue weighted by molar-refractivity contribution is 0.179. The monoisotopic (exact) mass is 384 g/mol. The standard InChI is InChI=1S/C19H21FN6O2/c1-19(2,10-21)17-13-7-25(8-14(13)17)16-4-3-11(5-15(16)20)26-12(6-23-24-22)9-28-18(26)27/h3-5,12-14,17H,6-9H2,1-2H3/t12-,13-,14+,17?/m1/s1. The number of azide groups is 1. The van der Waals surface area contributed by atoms with Crippen LogP contribution in [-0.2, 0) is 4.74 Å². The number of amides is 1. The van der Waals surface area contributed by atoms with Crippen LogP contribution >= 0.6 is 0 Å². The Morgan fingerprint density at radius 2 is 2.14 bits per heavy atom. The van der Waals surface area contributed by atoms with Crippen molar-refractivity contribution in [2.75, 3.05) is 36.0 Å². The van der Waals surface area contributed by atoms with Crippen LogP contribution in [0.1, 0.15) is 13.8 Å². The largest absolute Gasteiger partial charge is 0.447 e. The van der Waals surface area contributed by atoms with Crippen LogP contribution in [0.4, 0.5) is 20.6 Å². The molecular weight excluding hydrogens is 363 g/mol. The molecule has 28 heavy (non-hydrogen) atoms. The van der Waals surface area contributed by atoms with Crippen molar-refractivity contribution >= 4 is 17.5 Å². The molecule has 4 atom stereocenters. The van der Waals surface area contributed by atoms with Crippen LogP contribution in [-0.4, -0.2) is 38.4 Å². The van der Waals surface area contributed by atoms with Crippen LogP contribution in [0.25, 0.3) is 10.4 Å². The summed E-state index contributed by atoms with van der Waals surface area (Å²) in [4.78, 5) is 18.1. The molecule has 4 rings (SSSR count). The van der Waals surface area contributed by atoms with E-state index in [1.807, 2.05) is 18.7 Å². The molecule has 1 unspecified atom stereocenters. The molecule has 0 spiro atoms. The van der Waals surface area contributed by atoms with E-state index in [1.54, 1.807) is 12.1 Å². The van der Waals surface area contributed by atoms with Crippen LogP contribution in [0.15, 0.2) is 23.3 Å². The average Bonchev–Trinajstić information content (AvgIpc) is 3.00. The van der Waals surface area contributed by atoms with E-state index in [2.05, 4.69) is 16.1 Å².